The Labute approximate surface area is 164 Å². The van der Waals surface area contributed by atoms with Gasteiger partial charge < -0.3 is 10.2 Å². The molecule has 0 aliphatic rings. The zero-order chi connectivity index (χ0) is 19.9. The Morgan fingerprint density at radius 3 is 2.71 bits per heavy atom. The first-order chi connectivity index (χ1) is 13.5. The van der Waals surface area contributed by atoms with Crippen LogP contribution in [0.4, 0.5) is 4.39 Å². The summed E-state index contributed by atoms with van der Waals surface area (Å²) in [6, 6.07) is 16.1. The first-order valence-corrected chi connectivity index (χ1v) is 9.01. The van der Waals surface area contributed by atoms with Crippen molar-refractivity contribution in [3.63, 3.8) is 0 Å². The number of amides is 1. The minimum Gasteiger partial charge on any atom is -0.351 e. The van der Waals surface area contributed by atoms with Gasteiger partial charge in [-0.1, -0.05) is 30.3 Å². The fourth-order valence-electron chi connectivity index (χ4n) is 2.89. The highest BCUT2D eigenvalue weighted by atomic mass is 19.1. The van der Waals surface area contributed by atoms with Crippen molar-refractivity contribution in [1.29, 1.82) is 0 Å². The van der Waals surface area contributed by atoms with Crippen LogP contribution < -0.4 is 5.32 Å². The van der Waals surface area contributed by atoms with E-state index in [1.165, 1.54) is 18.2 Å². The molecule has 0 fully saturated rings. The minimum atomic E-state index is -0.286. The molecule has 2 aromatic carbocycles. The van der Waals surface area contributed by atoms with Gasteiger partial charge >= 0.3 is 0 Å². The molecule has 1 aromatic heterocycles. The second-order valence-corrected chi connectivity index (χ2v) is 6.67. The molecule has 144 valence electrons. The standard InChI is InChI=1S/C22H23FN4O/c1-26(2)21(18-7-6-8-19(23)13-18)15-24-22(28)12-11-17-14-25-27(16-17)20-9-4-3-5-10-20/h3-14,16,21H,15H2,1-2H3,(H,24,28)/b12-11+. The van der Waals surface area contributed by atoms with E-state index in [9.17, 15) is 9.18 Å². The number of benzene rings is 2. The molecule has 1 amide bonds. The lowest BCUT2D eigenvalue weighted by molar-refractivity contribution is -0.116. The van der Waals surface area contributed by atoms with Crippen molar-refractivity contribution in [3.8, 4) is 5.69 Å². The summed E-state index contributed by atoms with van der Waals surface area (Å²) in [5, 5.41) is 7.17. The number of para-hydroxylation sites is 1. The van der Waals surface area contributed by atoms with Gasteiger partial charge in [-0.25, -0.2) is 9.07 Å². The molecule has 0 spiro atoms. The molecule has 0 bridgehead atoms. The number of carbonyl (C=O) groups excluding carboxylic acids is 1. The maximum Gasteiger partial charge on any atom is 0.244 e. The van der Waals surface area contributed by atoms with Gasteiger partial charge in [-0.2, -0.15) is 5.10 Å². The van der Waals surface area contributed by atoms with Gasteiger partial charge in [0.25, 0.3) is 0 Å². The molecule has 1 heterocycles. The lowest BCUT2D eigenvalue weighted by Gasteiger charge is -2.24. The van der Waals surface area contributed by atoms with Crippen molar-refractivity contribution < 1.29 is 9.18 Å². The van der Waals surface area contributed by atoms with Gasteiger partial charge in [-0.15, -0.1) is 0 Å². The Hall–Kier alpha value is -3.25. The Morgan fingerprint density at radius 1 is 1.21 bits per heavy atom. The van der Waals surface area contributed by atoms with Gasteiger partial charge in [-0.05, 0) is 50.0 Å². The molecule has 3 rings (SSSR count). The topological polar surface area (TPSA) is 50.2 Å². The quantitative estimate of drug-likeness (QED) is 0.641. The van der Waals surface area contributed by atoms with Crippen LogP contribution in [0.5, 0.6) is 0 Å². The summed E-state index contributed by atoms with van der Waals surface area (Å²) >= 11 is 0. The molecule has 0 aliphatic heterocycles. The van der Waals surface area contributed by atoms with Crippen LogP contribution in [0.3, 0.4) is 0 Å². The molecule has 5 nitrogen and oxygen atoms in total. The highest BCUT2D eigenvalue weighted by molar-refractivity contribution is 5.91. The number of halogens is 1. The van der Waals surface area contributed by atoms with Crippen molar-refractivity contribution in [2.75, 3.05) is 20.6 Å². The lowest BCUT2D eigenvalue weighted by atomic mass is 10.1. The van der Waals surface area contributed by atoms with E-state index in [4.69, 9.17) is 0 Å². The molecule has 0 saturated carbocycles. The zero-order valence-corrected chi connectivity index (χ0v) is 15.9. The van der Waals surface area contributed by atoms with Crippen LogP contribution in [-0.2, 0) is 4.79 Å². The van der Waals surface area contributed by atoms with E-state index in [1.807, 2.05) is 61.6 Å². The first-order valence-electron chi connectivity index (χ1n) is 9.01. The van der Waals surface area contributed by atoms with E-state index >= 15 is 0 Å². The van der Waals surface area contributed by atoms with Crippen molar-refractivity contribution >= 4 is 12.0 Å². The Kier molecular flexibility index (Phi) is 6.34. The van der Waals surface area contributed by atoms with E-state index in [2.05, 4.69) is 10.4 Å². The Balaban J connectivity index is 1.59. The van der Waals surface area contributed by atoms with Gasteiger partial charge in [0.05, 0.1) is 17.9 Å². The number of nitrogens with zero attached hydrogens (tertiary/aromatic N) is 3. The number of likely N-dealkylation sites (N-methyl/N-ethyl adjacent to an activating group) is 1. The Bertz CT molecular complexity index is 950. The minimum absolute atomic E-state index is 0.117. The lowest BCUT2D eigenvalue weighted by Crippen LogP contribution is -2.33. The predicted molar refractivity (Wildman–Crippen MR) is 108 cm³/mol. The van der Waals surface area contributed by atoms with Crippen LogP contribution in [0.15, 0.2) is 73.1 Å². The van der Waals surface area contributed by atoms with Crippen molar-refractivity contribution in [1.82, 2.24) is 20.0 Å². The van der Waals surface area contributed by atoms with Crippen LogP contribution in [0.2, 0.25) is 0 Å². The number of nitrogens with one attached hydrogen (secondary N) is 1. The van der Waals surface area contributed by atoms with Crippen LogP contribution in [-0.4, -0.2) is 41.2 Å². The maximum absolute atomic E-state index is 13.5. The molecule has 0 radical (unpaired) electrons. The van der Waals surface area contributed by atoms with E-state index in [1.54, 1.807) is 23.0 Å². The molecule has 28 heavy (non-hydrogen) atoms. The normalized spacial score (nSPS) is 12.4. The summed E-state index contributed by atoms with van der Waals surface area (Å²) in [5.74, 6) is -0.498. The van der Waals surface area contributed by atoms with Crippen molar-refractivity contribution in [3.05, 3.63) is 90.0 Å². The average Bonchev–Trinajstić information content (AvgIpc) is 3.16. The highest BCUT2D eigenvalue weighted by Crippen LogP contribution is 2.18. The molecule has 6 heteroatoms. The zero-order valence-electron chi connectivity index (χ0n) is 15.9. The summed E-state index contributed by atoms with van der Waals surface area (Å²) in [6.45, 7) is 0.378. The summed E-state index contributed by atoms with van der Waals surface area (Å²) in [4.78, 5) is 14.1. The molecular weight excluding hydrogens is 355 g/mol. The average molecular weight is 378 g/mol. The first kappa shape index (κ1) is 19.5. The monoisotopic (exact) mass is 378 g/mol. The summed E-state index contributed by atoms with van der Waals surface area (Å²) in [7, 11) is 3.80. The van der Waals surface area contributed by atoms with Crippen LogP contribution in [0.25, 0.3) is 11.8 Å². The van der Waals surface area contributed by atoms with Crippen LogP contribution in [0.1, 0.15) is 17.2 Å². The van der Waals surface area contributed by atoms with Crippen molar-refractivity contribution in [2.45, 2.75) is 6.04 Å². The second kappa shape index (κ2) is 9.10. The molecule has 0 aliphatic carbocycles. The van der Waals surface area contributed by atoms with E-state index in [0.29, 0.717) is 6.54 Å². The SMILES string of the molecule is CN(C)C(CNC(=O)/C=C/c1cnn(-c2ccccc2)c1)c1cccc(F)c1. The number of aromatic nitrogens is 2. The van der Waals surface area contributed by atoms with E-state index in [0.717, 1.165) is 16.8 Å². The van der Waals surface area contributed by atoms with Gasteiger partial charge in [0.2, 0.25) is 5.91 Å². The van der Waals surface area contributed by atoms with E-state index in [-0.39, 0.29) is 17.8 Å². The van der Waals surface area contributed by atoms with Gasteiger partial charge in [0, 0.05) is 24.4 Å². The predicted octanol–water partition coefficient (Wildman–Crippen LogP) is 3.44. The fraction of sp³-hybridized carbons (Fsp3) is 0.182. The number of hydrogen-bond acceptors (Lipinski definition) is 3. The molecule has 1 unspecified atom stereocenters. The Morgan fingerprint density at radius 2 is 2.00 bits per heavy atom. The highest BCUT2D eigenvalue weighted by Gasteiger charge is 2.15. The number of hydrogen-bond donors (Lipinski definition) is 1. The summed E-state index contributed by atoms with van der Waals surface area (Å²) in [5.41, 5.74) is 2.60. The molecule has 1 atom stereocenters. The molecule has 0 saturated heterocycles. The summed E-state index contributed by atoms with van der Waals surface area (Å²) in [6.07, 6.45) is 6.75. The van der Waals surface area contributed by atoms with Crippen molar-refractivity contribution in [2.24, 2.45) is 0 Å². The molecule has 1 N–H and O–H groups in total. The second-order valence-electron chi connectivity index (χ2n) is 6.67. The third-order valence-electron chi connectivity index (χ3n) is 4.38. The fourth-order valence-corrected chi connectivity index (χ4v) is 2.89. The van der Waals surface area contributed by atoms with Crippen LogP contribution >= 0.6 is 0 Å². The van der Waals surface area contributed by atoms with Gasteiger partial charge in [0.1, 0.15) is 5.82 Å². The third kappa shape index (κ3) is 5.14. The van der Waals surface area contributed by atoms with E-state index < -0.39 is 0 Å². The number of rotatable bonds is 7. The maximum atomic E-state index is 13.5. The van der Waals surface area contributed by atoms with Gasteiger partial charge in [0.15, 0.2) is 0 Å². The van der Waals surface area contributed by atoms with Gasteiger partial charge in [-0.3, -0.25) is 4.79 Å². The smallest absolute Gasteiger partial charge is 0.244 e. The largest absolute Gasteiger partial charge is 0.351 e. The number of carbonyl (C=O) groups is 1. The molecular formula is C22H23FN4O. The van der Waals surface area contributed by atoms with Crippen LogP contribution in [0, 0.1) is 5.82 Å². The summed E-state index contributed by atoms with van der Waals surface area (Å²) < 4.78 is 15.3. The molecule has 3 aromatic rings. The third-order valence-corrected chi connectivity index (χ3v) is 4.38.